The molecule has 0 aliphatic rings. The van der Waals surface area contributed by atoms with Gasteiger partial charge in [-0.05, 0) is 17.5 Å². The molecule has 0 saturated heterocycles. The minimum atomic E-state index is -3.81. The number of H-pyrrole nitrogens is 1. The lowest BCUT2D eigenvalue weighted by Gasteiger charge is -2.06. The van der Waals surface area contributed by atoms with Gasteiger partial charge in [-0.15, -0.1) is 11.3 Å². The lowest BCUT2D eigenvalue weighted by molar-refractivity contribution is 0.282. The molecule has 2 rings (SSSR count). The van der Waals surface area contributed by atoms with Crippen molar-refractivity contribution in [2.75, 3.05) is 4.72 Å². The number of thiophene rings is 1. The number of nitrogens with one attached hydrogen (secondary N) is 2. The van der Waals surface area contributed by atoms with Crippen molar-refractivity contribution in [1.29, 1.82) is 0 Å². The molecule has 0 fully saturated rings. The van der Waals surface area contributed by atoms with E-state index in [0.29, 0.717) is 4.88 Å². The third-order valence-electron chi connectivity index (χ3n) is 2.06. The summed E-state index contributed by atoms with van der Waals surface area (Å²) in [5.74, 6) is 0.00434. The van der Waals surface area contributed by atoms with Crippen LogP contribution in [0.1, 0.15) is 4.88 Å². The zero-order chi connectivity index (χ0) is 13.2. The molecule has 0 spiro atoms. The van der Waals surface area contributed by atoms with Crippen LogP contribution in [0.3, 0.4) is 0 Å². The second-order valence-corrected chi connectivity index (χ2v) is 5.93. The van der Waals surface area contributed by atoms with Crippen LogP contribution in [0.25, 0.3) is 0 Å². The highest BCUT2D eigenvalue weighted by atomic mass is 32.2. The molecule has 2 aromatic heterocycles. The summed E-state index contributed by atoms with van der Waals surface area (Å²) in [6.45, 7) is -0.354. The molecular weight excluding hydrogens is 278 g/mol. The monoisotopic (exact) mass is 287 g/mol. The molecule has 18 heavy (non-hydrogen) atoms. The maximum Gasteiger partial charge on any atom is 0.264 e. The Morgan fingerprint density at radius 1 is 1.39 bits per heavy atom. The van der Waals surface area contributed by atoms with Gasteiger partial charge < -0.3 is 5.11 Å². The van der Waals surface area contributed by atoms with E-state index in [-0.39, 0.29) is 17.3 Å². The van der Waals surface area contributed by atoms with Crippen LogP contribution in [-0.2, 0) is 16.6 Å². The molecule has 3 N–H and O–H groups in total. The average Bonchev–Trinajstić information content (AvgIpc) is 2.81. The first kappa shape index (κ1) is 12.7. The zero-order valence-corrected chi connectivity index (χ0v) is 10.6. The van der Waals surface area contributed by atoms with Gasteiger partial charge in [0.05, 0.1) is 11.5 Å². The maximum absolute atomic E-state index is 12.0. The summed E-state index contributed by atoms with van der Waals surface area (Å²) in [4.78, 5) is 11.1. The Morgan fingerprint density at radius 3 is 2.78 bits per heavy atom. The average molecular weight is 287 g/mol. The quantitative estimate of drug-likeness (QED) is 0.739. The molecule has 0 amide bonds. The highest BCUT2D eigenvalue weighted by Crippen LogP contribution is 2.23. The predicted molar refractivity (Wildman–Crippen MR) is 65.9 cm³/mol. The molecule has 0 unspecified atom stereocenters. The van der Waals surface area contributed by atoms with Crippen molar-refractivity contribution in [3.05, 3.63) is 38.8 Å². The van der Waals surface area contributed by atoms with E-state index in [1.54, 1.807) is 5.38 Å². The molecule has 0 bridgehead atoms. The van der Waals surface area contributed by atoms with Crippen molar-refractivity contribution in [1.82, 2.24) is 10.2 Å². The summed E-state index contributed by atoms with van der Waals surface area (Å²) in [6, 6.07) is 3.80. The Labute approximate surface area is 106 Å². The van der Waals surface area contributed by atoms with Gasteiger partial charge >= 0.3 is 0 Å². The predicted octanol–water partition coefficient (Wildman–Crippen LogP) is 0.124. The first-order valence-corrected chi connectivity index (χ1v) is 7.15. The van der Waals surface area contributed by atoms with Gasteiger partial charge in [0.2, 0.25) is 0 Å². The van der Waals surface area contributed by atoms with Gasteiger partial charge in [-0.3, -0.25) is 9.52 Å². The van der Waals surface area contributed by atoms with Crippen LogP contribution in [0.15, 0.2) is 33.3 Å². The minimum Gasteiger partial charge on any atom is -0.391 e. The van der Waals surface area contributed by atoms with Crippen molar-refractivity contribution >= 4 is 27.2 Å². The fourth-order valence-corrected chi connectivity index (χ4v) is 3.57. The van der Waals surface area contributed by atoms with Crippen LogP contribution in [-0.4, -0.2) is 23.7 Å². The van der Waals surface area contributed by atoms with Gasteiger partial charge in [0.15, 0.2) is 5.82 Å². The van der Waals surface area contributed by atoms with Gasteiger partial charge in [0.1, 0.15) is 4.90 Å². The molecule has 2 aromatic rings. The van der Waals surface area contributed by atoms with Crippen LogP contribution in [0.4, 0.5) is 5.82 Å². The highest BCUT2D eigenvalue weighted by Gasteiger charge is 2.19. The number of hydrogen-bond acceptors (Lipinski definition) is 6. The Bertz CT molecular complexity index is 684. The van der Waals surface area contributed by atoms with Crippen LogP contribution in [0.2, 0.25) is 0 Å². The Balaban J connectivity index is 2.33. The first-order valence-electron chi connectivity index (χ1n) is 4.79. The van der Waals surface area contributed by atoms with E-state index < -0.39 is 15.6 Å². The number of rotatable bonds is 4. The van der Waals surface area contributed by atoms with Gasteiger partial charge in [-0.2, -0.15) is 5.10 Å². The third kappa shape index (κ3) is 2.58. The molecule has 0 aliphatic carbocycles. The van der Waals surface area contributed by atoms with Gasteiger partial charge in [0.25, 0.3) is 15.6 Å². The van der Waals surface area contributed by atoms with Crippen molar-refractivity contribution in [2.24, 2.45) is 0 Å². The van der Waals surface area contributed by atoms with Crippen LogP contribution in [0.5, 0.6) is 0 Å². The smallest absolute Gasteiger partial charge is 0.264 e. The maximum atomic E-state index is 12.0. The Kier molecular flexibility index (Phi) is 3.45. The molecule has 0 aromatic carbocycles. The summed E-state index contributed by atoms with van der Waals surface area (Å²) in [5.41, 5.74) is -0.426. The second-order valence-electron chi connectivity index (χ2n) is 3.28. The van der Waals surface area contributed by atoms with Gasteiger partial charge in [-0.1, -0.05) is 0 Å². The molecule has 7 nitrogen and oxygen atoms in total. The van der Waals surface area contributed by atoms with E-state index in [4.69, 9.17) is 5.11 Å². The number of aromatic nitrogens is 2. The Morgan fingerprint density at radius 2 is 2.17 bits per heavy atom. The summed E-state index contributed by atoms with van der Waals surface area (Å²) in [6.07, 6.45) is 0. The summed E-state index contributed by atoms with van der Waals surface area (Å²) in [5, 5.41) is 16.3. The molecule has 0 radical (unpaired) electrons. The highest BCUT2D eigenvalue weighted by molar-refractivity contribution is 7.92. The lowest BCUT2D eigenvalue weighted by Crippen LogP contribution is -2.16. The van der Waals surface area contributed by atoms with Crippen molar-refractivity contribution in [3.8, 4) is 0 Å². The minimum absolute atomic E-state index is 0.00278. The van der Waals surface area contributed by atoms with E-state index in [9.17, 15) is 13.2 Å². The van der Waals surface area contributed by atoms with E-state index in [1.807, 2.05) is 0 Å². The van der Waals surface area contributed by atoms with Crippen molar-refractivity contribution < 1.29 is 13.5 Å². The van der Waals surface area contributed by atoms with Gasteiger partial charge in [-0.25, -0.2) is 13.5 Å². The molecule has 0 aliphatic heterocycles. The number of aliphatic hydroxyl groups is 1. The molecule has 2 heterocycles. The zero-order valence-electron chi connectivity index (χ0n) is 8.95. The first-order chi connectivity index (χ1) is 8.53. The van der Waals surface area contributed by atoms with Gasteiger partial charge in [0, 0.05) is 6.07 Å². The topological polar surface area (TPSA) is 112 Å². The number of nitrogens with zero attached hydrogens (tertiary/aromatic N) is 1. The lowest BCUT2D eigenvalue weighted by atomic mass is 10.5. The van der Waals surface area contributed by atoms with Crippen LogP contribution in [0, 0.1) is 0 Å². The fraction of sp³-hybridized carbons (Fsp3) is 0.111. The third-order valence-corrected chi connectivity index (χ3v) is 4.53. The van der Waals surface area contributed by atoms with Crippen molar-refractivity contribution in [2.45, 2.75) is 11.5 Å². The largest absolute Gasteiger partial charge is 0.391 e. The molecule has 96 valence electrons. The standard InChI is InChI=1S/C9H9N3O4S2/c13-5-6-7(3-4-17-6)18(15,16)12-8-1-2-9(14)11-10-8/h1-4,13H,5H2,(H,10,12)(H,11,14). The number of hydrogen-bond donors (Lipinski definition) is 3. The molecule has 0 atom stereocenters. The normalized spacial score (nSPS) is 11.4. The summed E-state index contributed by atoms with van der Waals surface area (Å²) < 4.78 is 26.2. The van der Waals surface area contributed by atoms with Crippen LogP contribution < -0.4 is 10.3 Å². The van der Waals surface area contributed by atoms with E-state index in [0.717, 1.165) is 17.4 Å². The molecule has 0 saturated carbocycles. The second kappa shape index (κ2) is 4.88. The molecular formula is C9H9N3O4S2. The summed E-state index contributed by atoms with van der Waals surface area (Å²) >= 11 is 1.14. The van der Waals surface area contributed by atoms with Crippen molar-refractivity contribution in [3.63, 3.8) is 0 Å². The van der Waals surface area contributed by atoms with Crippen LogP contribution >= 0.6 is 11.3 Å². The number of aromatic amines is 1. The Hall–Kier alpha value is -1.71. The SMILES string of the molecule is O=c1ccc(NS(=O)(=O)c2ccsc2CO)n[nH]1. The number of aliphatic hydroxyl groups excluding tert-OH is 1. The fourth-order valence-electron chi connectivity index (χ4n) is 1.28. The number of anilines is 1. The van der Waals surface area contributed by atoms with E-state index in [1.165, 1.54) is 12.1 Å². The van der Waals surface area contributed by atoms with E-state index >= 15 is 0 Å². The van der Waals surface area contributed by atoms with E-state index in [2.05, 4.69) is 14.9 Å². The summed E-state index contributed by atoms with van der Waals surface area (Å²) in [7, 11) is -3.81. The molecule has 9 heteroatoms. The number of sulfonamides is 1.